The van der Waals surface area contributed by atoms with Crippen LogP contribution in [0.2, 0.25) is 0 Å². The molecule has 0 aromatic heterocycles. The van der Waals surface area contributed by atoms with Gasteiger partial charge in [-0.15, -0.1) is 0 Å². The fraction of sp³-hybridized carbons (Fsp3) is 0.649. The highest BCUT2D eigenvalue weighted by atomic mass is 16.8. The standard InChI is InChI=1S/C37H46O18/c1-16-8-10-23-26(14-48-35(28(16)23)53-21(6)42)34(44)47-12-22-9-11-24-25(33(43)45-7)13-49-36(29(22)24)55-37-32(52-20(5)41)31(51-19(4)40)30(50-18(3)39)27(54-37)15-46-17(2)38/h9,13-14,16,23-24,27-32,35-37H,8,10-12,15H2,1-7H3/t16-,23-,24-,27-,28-,29-,30-,31+,32-,35+,36+,37+/m1/s1. The number of carbonyl (C=O) groups excluding carboxylic acids is 7. The van der Waals surface area contributed by atoms with E-state index in [1.165, 1.54) is 26.6 Å². The molecule has 0 amide bonds. The summed E-state index contributed by atoms with van der Waals surface area (Å²) in [7, 11) is 1.21. The Hall–Kier alpha value is -4.97. The molecular formula is C37H46O18. The van der Waals surface area contributed by atoms with Crippen molar-refractivity contribution in [3.63, 3.8) is 0 Å². The van der Waals surface area contributed by atoms with Gasteiger partial charge in [-0.05, 0) is 30.8 Å². The second kappa shape index (κ2) is 17.7. The Morgan fingerprint density at radius 3 is 1.89 bits per heavy atom. The fourth-order valence-electron chi connectivity index (χ4n) is 7.90. The predicted octanol–water partition coefficient (Wildman–Crippen LogP) is 2.07. The number of hydrogen-bond acceptors (Lipinski definition) is 18. The van der Waals surface area contributed by atoms with Crippen LogP contribution in [0, 0.1) is 29.6 Å². The molecule has 1 saturated carbocycles. The van der Waals surface area contributed by atoms with E-state index in [9.17, 15) is 33.6 Å². The van der Waals surface area contributed by atoms with Crippen LogP contribution in [-0.2, 0) is 85.7 Å². The number of ether oxygens (including phenoxy) is 11. The zero-order valence-electron chi connectivity index (χ0n) is 31.5. The number of methoxy groups -OCH3 is 1. The SMILES string of the molecule is COC(=O)C1=CO[C@@H](O[C@@H]2O[C@H](COC(C)=O)[C@@H](OC(C)=O)[C@H](OC(C)=O)[C@H]2OC(C)=O)[C@@H]2C(COC(=O)C3=CO[C@@H](OC(C)=O)[C@@H]4[C@H](C)CC[C@H]34)=CC[C@H]12. The molecule has 0 aromatic carbocycles. The van der Waals surface area contributed by atoms with Gasteiger partial charge >= 0.3 is 41.8 Å². The summed E-state index contributed by atoms with van der Waals surface area (Å²) in [6.45, 7) is 6.99. The predicted molar refractivity (Wildman–Crippen MR) is 179 cm³/mol. The van der Waals surface area contributed by atoms with Crippen molar-refractivity contribution in [2.75, 3.05) is 20.3 Å². The van der Waals surface area contributed by atoms with Crippen molar-refractivity contribution in [3.05, 3.63) is 35.3 Å². The van der Waals surface area contributed by atoms with Gasteiger partial charge in [0, 0.05) is 52.4 Å². The summed E-state index contributed by atoms with van der Waals surface area (Å²) in [5, 5.41) is 0. The lowest BCUT2D eigenvalue weighted by Crippen LogP contribution is -2.63. The molecule has 2 aliphatic carbocycles. The smallest absolute Gasteiger partial charge is 0.337 e. The lowest BCUT2D eigenvalue weighted by Gasteiger charge is -2.45. The van der Waals surface area contributed by atoms with Gasteiger partial charge in [-0.3, -0.25) is 24.0 Å². The van der Waals surface area contributed by atoms with Gasteiger partial charge in [0.25, 0.3) is 0 Å². The highest BCUT2D eigenvalue weighted by Gasteiger charge is 2.55. The highest BCUT2D eigenvalue weighted by molar-refractivity contribution is 5.90. The maximum atomic E-state index is 13.6. The van der Waals surface area contributed by atoms with Crippen LogP contribution in [0.15, 0.2) is 35.3 Å². The molecule has 5 aliphatic rings. The van der Waals surface area contributed by atoms with Crippen molar-refractivity contribution in [1.82, 2.24) is 0 Å². The average molecular weight is 779 g/mol. The van der Waals surface area contributed by atoms with Crippen LogP contribution >= 0.6 is 0 Å². The molecular weight excluding hydrogens is 732 g/mol. The Morgan fingerprint density at radius 2 is 1.27 bits per heavy atom. The normalized spacial score (nSPS) is 33.3. The minimum absolute atomic E-state index is 0.112. The highest BCUT2D eigenvalue weighted by Crippen LogP contribution is 2.48. The molecule has 302 valence electrons. The molecule has 0 N–H and O–H groups in total. The lowest BCUT2D eigenvalue weighted by molar-refractivity contribution is -0.342. The van der Waals surface area contributed by atoms with E-state index in [2.05, 4.69) is 0 Å². The number of esters is 7. The molecule has 18 heteroatoms. The molecule has 5 rings (SSSR count). The molecule has 0 bridgehead atoms. The van der Waals surface area contributed by atoms with Gasteiger partial charge in [-0.1, -0.05) is 13.0 Å². The first-order valence-corrected chi connectivity index (χ1v) is 17.9. The summed E-state index contributed by atoms with van der Waals surface area (Å²) in [6.07, 6.45) is -3.50. The van der Waals surface area contributed by atoms with E-state index >= 15 is 0 Å². The van der Waals surface area contributed by atoms with E-state index in [0.29, 0.717) is 24.0 Å². The molecule has 2 fully saturated rings. The topological polar surface area (TPSA) is 221 Å². The fourth-order valence-corrected chi connectivity index (χ4v) is 7.90. The van der Waals surface area contributed by atoms with Gasteiger partial charge in [0.2, 0.25) is 18.9 Å². The molecule has 1 saturated heterocycles. The van der Waals surface area contributed by atoms with Crippen LogP contribution in [-0.4, -0.2) is 105 Å². The Labute approximate surface area is 316 Å². The van der Waals surface area contributed by atoms with Gasteiger partial charge in [-0.25, -0.2) is 9.59 Å². The van der Waals surface area contributed by atoms with Crippen molar-refractivity contribution in [2.45, 2.75) is 104 Å². The minimum atomic E-state index is -1.60. The van der Waals surface area contributed by atoms with E-state index in [-0.39, 0.29) is 29.9 Å². The van der Waals surface area contributed by atoms with Crippen LogP contribution in [0.4, 0.5) is 0 Å². The summed E-state index contributed by atoms with van der Waals surface area (Å²) in [4.78, 5) is 86.8. The minimum Gasteiger partial charge on any atom is -0.471 e. The summed E-state index contributed by atoms with van der Waals surface area (Å²) in [6, 6.07) is 0. The third-order valence-electron chi connectivity index (χ3n) is 10.1. The van der Waals surface area contributed by atoms with E-state index < -0.39 is 104 Å². The molecule has 3 aliphatic heterocycles. The number of hydrogen-bond donors (Lipinski definition) is 0. The van der Waals surface area contributed by atoms with Crippen molar-refractivity contribution in [3.8, 4) is 0 Å². The summed E-state index contributed by atoms with van der Waals surface area (Å²) in [5.74, 6) is -6.76. The Bertz CT molecular complexity index is 1630. The van der Waals surface area contributed by atoms with E-state index in [1.54, 1.807) is 6.08 Å². The van der Waals surface area contributed by atoms with Crippen LogP contribution in [0.3, 0.4) is 0 Å². The summed E-state index contributed by atoms with van der Waals surface area (Å²) in [5.41, 5.74) is 0.984. The first-order valence-electron chi connectivity index (χ1n) is 17.9. The maximum Gasteiger partial charge on any atom is 0.337 e. The van der Waals surface area contributed by atoms with Crippen LogP contribution in [0.1, 0.15) is 60.8 Å². The van der Waals surface area contributed by atoms with Gasteiger partial charge in [0.15, 0.2) is 18.3 Å². The van der Waals surface area contributed by atoms with Gasteiger partial charge in [0.1, 0.15) is 19.3 Å². The molecule has 0 spiro atoms. The van der Waals surface area contributed by atoms with Crippen LogP contribution in [0.25, 0.3) is 0 Å². The van der Waals surface area contributed by atoms with Crippen molar-refractivity contribution < 1.29 is 85.7 Å². The first kappa shape index (κ1) is 41.2. The lowest BCUT2D eigenvalue weighted by atomic mass is 9.83. The Morgan fingerprint density at radius 1 is 0.673 bits per heavy atom. The number of allylic oxidation sites excluding steroid dienone is 1. The molecule has 55 heavy (non-hydrogen) atoms. The zero-order valence-corrected chi connectivity index (χ0v) is 31.5. The molecule has 3 heterocycles. The monoisotopic (exact) mass is 778 g/mol. The number of carbonyl (C=O) groups is 7. The average Bonchev–Trinajstić information content (AvgIpc) is 3.72. The van der Waals surface area contributed by atoms with E-state index in [1.807, 2.05) is 6.92 Å². The number of fused-ring (bicyclic) bond motifs is 2. The van der Waals surface area contributed by atoms with Crippen LogP contribution < -0.4 is 0 Å². The molecule has 0 aromatic rings. The zero-order chi connectivity index (χ0) is 40.1. The second-order valence-electron chi connectivity index (χ2n) is 13.9. The molecule has 0 radical (unpaired) electrons. The maximum absolute atomic E-state index is 13.6. The Balaban J connectivity index is 1.41. The van der Waals surface area contributed by atoms with Gasteiger partial charge < -0.3 is 52.1 Å². The molecule has 12 atom stereocenters. The van der Waals surface area contributed by atoms with E-state index in [4.69, 9.17) is 52.1 Å². The largest absolute Gasteiger partial charge is 0.471 e. The van der Waals surface area contributed by atoms with Crippen molar-refractivity contribution >= 4 is 41.8 Å². The molecule has 0 unspecified atom stereocenters. The van der Waals surface area contributed by atoms with Gasteiger partial charge in [-0.2, -0.15) is 0 Å². The van der Waals surface area contributed by atoms with Crippen molar-refractivity contribution in [2.24, 2.45) is 29.6 Å². The number of rotatable bonds is 12. The third kappa shape index (κ3) is 9.47. The Kier molecular flexibility index (Phi) is 13.2. The van der Waals surface area contributed by atoms with Crippen LogP contribution in [0.5, 0.6) is 0 Å². The summed E-state index contributed by atoms with van der Waals surface area (Å²) >= 11 is 0. The second-order valence-corrected chi connectivity index (χ2v) is 13.9. The van der Waals surface area contributed by atoms with E-state index in [0.717, 1.165) is 34.1 Å². The summed E-state index contributed by atoms with van der Waals surface area (Å²) < 4.78 is 62.0. The quantitative estimate of drug-likeness (QED) is 0.157. The van der Waals surface area contributed by atoms with Gasteiger partial charge in [0.05, 0.1) is 36.7 Å². The van der Waals surface area contributed by atoms with Crippen molar-refractivity contribution in [1.29, 1.82) is 0 Å². The first-order chi connectivity index (χ1) is 26.1. The molecule has 18 nitrogen and oxygen atoms in total. The third-order valence-corrected chi connectivity index (χ3v) is 10.1.